The largest absolute Gasteiger partial charge is 0.494 e. The molecule has 0 bridgehead atoms. The molecule has 3 aromatic rings. The summed E-state index contributed by atoms with van der Waals surface area (Å²) in [5.41, 5.74) is 1.91. The first-order chi connectivity index (χ1) is 16.8. The highest BCUT2D eigenvalue weighted by molar-refractivity contribution is 14.1. The van der Waals surface area contributed by atoms with Crippen molar-refractivity contribution in [3.05, 3.63) is 97.3 Å². The molecule has 3 aromatic carbocycles. The fraction of sp³-hybridized carbons (Fsp3) is 0.115. The van der Waals surface area contributed by atoms with Crippen molar-refractivity contribution in [2.24, 2.45) is 0 Å². The minimum atomic E-state index is -0.843. The predicted octanol–water partition coefficient (Wildman–Crippen LogP) is 5.74. The molecular formula is C26H19ClFIN2O4. The molecule has 4 rings (SSSR count). The third-order valence-electron chi connectivity index (χ3n) is 5.30. The summed E-state index contributed by atoms with van der Waals surface area (Å²) in [5.74, 6) is -1.35. The summed E-state index contributed by atoms with van der Waals surface area (Å²) < 4.78 is 20.8. The number of hydrogen-bond acceptors (Lipinski definition) is 4. The van der Waals surface area contributed by atoms with Crippen LogP contribution in [-0.4, -0.2) is 24.5 Å². The van der Waals surface area contributed by atoms with Gasteiger partial charge in [-0.3, -0.25) is 14.9 Å². The van der Waals surface area contributed by atoms with Gasteiger partial charge in [0.1, 0.15) is 17.1 Å². The second-order valence-corrected chi connectivity index (χ2v) is 9.21. The standard InChI is InChI=1S/C26H19ClFIN2O4/c1-2-35-23-13-15(12-22(29)19(23)14-16-5-3-4-6-21(16)28)11-20-24(32)30-26(34)31(25(20)33)18-9-7-17(27)8-10-18/h3-13H,2,14H2,1H3,(H,30,32,34)/b20-11+. The van der Waals surface area contributed by atoms with Crippen molar-refractivity contribution >= 4 is 63.8 Å². The topological polar surface area (TPSA) is 75.7 Å². The minimum absolute atomic E-state index is 0.209. The van der Waals surface area contributed by atoms with Crippen molar-refractivity contribution in [1.29, 1.82) is 0 Å². The lowest BCUT2D eigenvalue weighted by Crippen LogP contribution is -2.54. The third-order valence-corrected chi connectivity index (χ3v) is 6.51. The van der Waals surface area contributed by atoms with Gasteiger partial charge in [-0.25, -0.2) is 14.1 Å². The maximum atomic E-state index is 14.3. The van der Waals surface area contributed by atoms with Crippen LogP contribution in [0.1, 0.15) is 23.6 Å². The van der Waals surface area contributed by atoms with E-state index in [1.165, 1.54) is 24.3 Å². The van der Waals surface area contributed by atoms with E-state index < -0.39 is 17.8 Å². The molecule has 6 nitrogen and oxygen atoms in total. The van der Waals surface area contributed by atoms with Crippen molar-refractivity contribution in [2.75, 3.05) is 11.5 Å². The quantitative estimate of drug-likeness (QED) is 0.221. The van der Waals surface area contributed by atoms with Crippen LogP contribution >= 0.6 is 34.2 Å². The van der Waals surface area contributed by atoms with Crippen LogP contribution in [0.2, 0.25) is 5.02 Å². The Morgan fingerprint density at radius 3 is 2.49 bits per heavy atom. The Kier molecular flexibility index (Phi) is 7.51. The van der Waals surface area contributed by atoms with Gasteiger partial charge in [-0.05, 0) is 89.2 Å². The molecule has 4 amide bonds. The number of amides is 4. The molecule has 0 aliphatic carbocycles. The Balaban J connectivity index is 1.72. The Morgan fingerprint density at radius 2 is 1.80 bits per heavy atom. The van der Waals surface area contributed by atoms with Gasteiger partial charge in [-0.2, -0.15) is 0 Å². The number of anilines is 1. The number of nitrogens with one attached hydrogen (secondary N) is 1. The second kappa shape index (κ2) is 10.6. The first-order valence-corrected chi connectivity index (χ1v) is 12.1. The van der Waals surface area contributed by atoms with Gasteiger partial charge in [0, 0.05) is 20.6 Å². The second-order valence-electron chi connectivity index (χ2n) is 7.61. The number of carbonyl (C=O) groups excluding carboxylic acids is 3. The molecule has 1 fully saturated rings. The van der Waals surface area contributed by atoms with Crippen molar-refractivity contribution in [2.45, 2.75) is 13.3 Å². The molecule has 178 valence electrons. The monoisotopic (exact) mass is 604 g/mol. The Labute approximate surface area is 219 Å². The highest BCUT2D eigenvalue weighted by atomic mass is 127. The summed E-state index contributed by atoms with van der Waals surface area (Å²) in [6.07, 6.45) is 1.72. The van der Waals surface area contributed by atoms with E-state index in [0.717, 1.165) is 14.0 Å². The number of hydrogen-bond donors (Lipinski definition) is 1. The molecule has 1 saturated heterocycles. The van der Waals surface area contributed by atoms with Gasteiger partial charge in [0.25, 0.3) is 11.8 Å². The van der Waals surface area contributed by atoms with Gasteiger partial charge < -0.3 is 4.74 Å². The molecule has 1 aliphatic rings. The third kappa shape index (κ3) is 5.38. The highest BCUT2D eigenvalue weighted by Gasteiger charge is 2.36. The fourth-order valence-corrected chi connectivity index (χ4v) is 4.59. The van der Waals surface area contributed by atoms with Gasteiger partial charge in [-0.1, -0.05) is 29.8 Å². The molecule has 0 radical (unpaired) electrons. The first-order valence-electron chi connectivity index (χ1n) is 10.6. The van der Waals surface area contributed by atoms with Crippen LogP contribution < -0.4 is 15.0 Å². The summed E-state index contributed by atoms with van der Waals surface area (Å²) in [5, 5.41) is 2.64. The number of halogens is 3. The van der Waals surface area contributed by atoms with E-state index in [0.29, 0.717) is 34.9 Å². The maximum Gasteiger partial charge on any atom is 0.335 e. The summed E-state index contributed by atoms with van der Waals surface area (Å²) in [6, 6.07) is 15.3. The minimum Gasteiger partial charge on any atom is -0.494 e. The summed E-state index contributed by atoms with van der Waals surface area (Å²) in [6.45, 7) is 2.21. The van der Waals surface area contributed by atoms with Crippen LogP contribution in [-0.2, 0) is 16.0 Å². The summed E-state index contributed by atoms with van der Waals surface area (Å²) in [7, 11) is 0. The van der Waals surface area contributed by atoms with Crippen LogP contribution in [0.5, 0.6) is 5.75 Å². The number of carbonyl (C=O) groups is 3. The highest BCUT2D eigenvalue weighted by Crippen LogP contribution is 2.31. The average molecular weight is 605 g/mol. The Morgan fingerprint density at radius 1 is 1.09 bits per heavy atom. The van der Waals surface area contributed by atoms with Gasteiger partial charge in [-0.15, -0.1) is 0 Å². The van der Waals surface area contributed by atoms with E-state index in [-0.39, 0.29) is 17.1 Å². The fourth-order valence-electron chi connectivity index (χ4n) is 3.65. The van der Waals surface area contributed by atoms with Gasteiger partial charge in [0.05, 0.1) is 12.3 Å². The molecule has 1 aliphatic heterocycles. The van der Waals surface area contributed by atoms with Crippen LogP contribution in [0.25, 0.3) is 6.08 Å². The SMILES string of the molecule is CCOc1cc(/C=C2\C(=O)NC(=O)N(c3ccc(Cl)cc3)C2=O)cc(I)c1Cc1ccccc1F. The van der Waals surface area contributed by atoms with E-state index in [2.05, 4.69) is 27.9 Å². The van der Waals surface area contributed by atoms with Crippen molar-refractivity contribution < 1.29 is 23.5 Å². The van der Waals surface area contributed by atoms with Gasteiger partial charge in [0.15, 0.2) is 0 Å². The van der Waals surface area contributed by atoms with Crippen LogP contribution in [0.15, 0.2) is 66.2 Å². The van der Waals surface area contributed by atoms with Crippen molar-refractivity contribution in [3.8, 4) is 5.75 Å². The zero-order valence-electron chi connectivity index (χ0n) is 18.5. The van der Waals surface area contributed by atoms with Crippen molar-refractivity contribution in [3.63, 3.8) is 0 Å². The van der Waals surface area contributed by atoms with Gasteiger partial charge >= 0.3 is 6.03 Å². The Bertz CT molecular complexity index is 1360. The van der Waals surface area contributed by atoms with Crippen LogP contribution in [0, 0.1) is 9.39 Å². The van der Waals surface area contributed by atoms with E-state index in [1.54, 1.807) is 42.5 Å². The lowest BCUT2D eigenvalue weighted by atomic mass is 10.00. The lowest BCUT2D eigenvalue weighted by Gasteiger charge is -2.26. The van der Waals surface area contributed by atoms with E-state index in [1.807, 2.05) is 6.92 Å². The first kappa shape index (κ1) is 24.9. The predicted molar refractivity (Wildman–Crippen MR) is 140 cm³/mol. The molecule has 1 heterocycles. The number of benzene rings is 3. The van der Waals surface area contributed by atoms with Crippen LogP contribution in [0.4, 0.5) is 14.9 Å². The normalized spacial score (nSPS) is 14.9. The van der Waals surface area contributed by atoms with Crippen LogP contribution in [0.3, 0.4) is 0 Å². The number of ether oxygens (including phenoxy) is 1. The number of imide groups is 2. The molecule has 9 heteroatoms. The molecule has 35 heavy (non-hydrogen) atoms. The lowest BCUT2D eigenvalue weighted by molar-refractivity contribution is -0.122. The molecule has 0 aromatic heterocycles. The van der Waals surface area contributed by atoms with Crippen molar-refractivity contribution in [1.82, 2.24) is 5.32 Å². The Hall–Kier alpha value is -3.24. The van der Waals surface area contributed by atoms with Gasteiger partial charge in [0.2, 0.25) is 0 Å². The summed E-state index contributed by atoms with van der Waals surface area (Å²) in [4.78, 5) is 39.0. The molecule has 0 spiro atoms. The van der Waals surface area contributed by atoms with E-state index in [9.17, 15) is 18.8 Å². The molecule has 0 unspecified atom stereocenters. The number of urea groups is 1. The zero-order chi connectivity index (χ0) is 25.1. The summed E-state index contributed by atoms with van der Waals surface area (Å²) >= 11 is 8.03. The molecule has 1 N–H and O–H groups in total. The number of rotatable bonds is 6. The average Bonchev–Trinajstić information content (AvgIpc) is 2.81. The maximum absolute atomic E-state index is 14.3. The number of nitrogens with zero attached hydrogens (tertiary/aromatic N) is 1. The smallest absolute Gasteiger partial charge is 0.335 e. The molecule has 0 saturated carbocycles. The van der Waals surface area contributed by atoms with E-state index >= 15 is 0 Å². The molecular weight excluding hydrogens is 586 g/mol. The van der Waals surface area contributed by atoms with E-state index in [4.69, 9.17) is 16.3 Å². The molecule has 0 atom stereocenters. The zero-order valence-corrected chi connectivity index (χ0v) is 21.4. The number of barbiturate groups is 1.